The SMILES string of the molecule is CSc1nccc(-c2cn(-c3ccccc3)c(COCc3ccccc3)n2)n1. The second-order valence-corrected chi connectivity index (χ2v) is 6.93. The van der Waals surface area contributed by atoms with Crippen LogP contribution < -0.4 is 0 Å². The number of rotatable bonds is 7. The number of hydrogen-bond acceptors (Lipinski definition) is 5. The molecule has 0 spiro atoms. The Morgan fingerprint density at radius 3 is 2.36 bits per heavy atom. The van der Waals surface area contributed by atoms with Crippen molar-refractivity contribution < 1.29 is 4.74 Å². The van der Waals surface area contributed by atoms with E-state index in [0.717, 1.165) is 33.6 Å². The second-order valence-electron chi connectivity index (χ2n) is 6.15. The molecule has 5 nitrogen and oxygen atoms in total. The topological polar surface area (TPSA) is 52.8 Å². The summed E-state index contributed by atoms with van der Waals surface area (Å²) in [4.78, 5) is 13.6. The molecule has 2 heterocycles. The first-order valence-electron chi connectivity index (χ1n) is 8.96. The second kappa shape index (κ2) is 8.82. The van der Waals surface area contributed by atoms with Crippen LogP contribution in [-0.4, -0.2) is 25.8 Å². The van der Waals surface area contributed by atoms with Gasteiger partial charge in [-0.3, -0.25) is 0 Å². The van der Waals surface area contributed by atoms with Gasteiger partial charge in [-0.05, 0) is 30.0 Å². The zero-order valence-electron chi connectivity index (χ0n) is 15.5. The van der Waals surface area contributed by atoms with Gasteiger partial charge in [0.15, 0.2) is 5.16 Å². The Balaban J connectivity index is 1.62. The molecule has 0 aliphatic carbocycles. The molecule has 2 aromatic carbocycles. The van der Waals surface area contributed by atoms with Crippen molar-refractivity contribution in [2.24, 2.45) is 0 Å². The molecule has 2 aromatic heterocycles. The predicted molar refractivity (Wildman–Crippen MR) is 111 cm³/mol. The maximum absolute atomic E-state index is 5.94. The molecule has 0 saturated carbocycles. The van der Waals surface area contributed by atoms with Gasteiger partial charge >= 0.3 is 0 Å². The van der Waals surface area contributed by atoms with Gasteiger partial charge in [0.2, 0.25) is 0 Å². The normalized spacial score (nSPS) is 10.9. The first kappa shape index (κ1) is 18.4. The summed E-state index contributed by atoms with van der Waals surface area (Å²) in [7, 11) is 0. The zero-order valence-corrected chi connectivity index (χ0v) is 16.3. The monoisotopic (exact) mass is 388 g/mol. The first-order valence-corrected chi connectivity index (χ1v) is 10.2. The van der Waals surface area contributed by atoms with Crippen LogP contribution in [0.3, 0.4) is 0 Å². The van der Waals surface area contributed by atoms with Gasteiger partial charge in [-0.25, -0.2) is 15.0 Å². The van der Waals surface area contributed by atoms with E-state index in [1.54, 1.807) is 6.20 Å². The molecule has 4 rings (SSSR count). The van der Waals surface area contributed by atoms with Crippen LogP contribution in [-0.2, 0) is 18.0 Å². The highest BCUT2D eigenvalue weighted by molar-refractivity contribution is 7.98. The lowest BCUT2D eigenvalue weighted by Gasteiger charge is -2.08. The molecule has 28 heavy (non-hydrogen) atoms. The quantitative estimate of drug-likeness (QED) is 0.337. The fraction of sp³-hybridized carbons (Fsp3) is 0.136. The van der Waals surface area contributed by atoms with E-state index >= 15 is 0 Å². The van der Waals surface area contributed by atoms with Crippen molar-refractivity contribution in [3.8, 4) is 17.1 Å². The summed E-state index contributed by atoms with van der Waals surface area (Å²) in [6.45, 7) is 0.951. The Kier molecular flexibility index (Phi) is 5.80. The van der Waals surface area contributed by atoms with E-state index in [1.807, 2.05) is 54.9 Å². The number of ether oxygens (including phenoxy) is 1. The fourth-order valence-corrected chi connectivity index (χ4v) is 3.23. The van der Waals surface area contributed by atoms with Crippen molar-refractivity contribution in [1.29, 1.82) is 0 Å². The highest BCUT2D eigenvalue weighted by Crippen LogP contribution is 2.22. The first-order chi connectivity index (χ1) is 13.8. The average Bonchev–Trinajstić information content (AvgIpc) is 3.19. The van der Waals surface area contributed by atoms with Gasteiger partial charge in [0.1, 0.15) is 18.1 Å². The van der Waals surface area contributed by atoms with Crippen LogP contribution in [0.2, 0.25) is 0 Å². The Labute approximate surface area is 168 Å². The van der Waals surface area contributed by atoms with E-state index in [9.17, 15) is 0 Å². The maximum atomic E-state index is 5.94. The van der Waals surface area contributed by atoms with E-state index in [2.05, 4.69) is 38.8 Å². The minimum Gasteiger partial charge on any atom is -0.369 e. The molecular weight excluding hydrogens is 368 g/mol. The molecule has 0 aliphatic heterocycles. The minimum absolute atomic E-state index is 0.407. The molecule has 140 valence electrons. The Morgan fingerprint density at radius 1 is 0.857 bits per heavy atom. The van der Waals surface area contributed by atoms with Crippen LogP contribution in [0.4, 0.5) is 0 Å². The minimum atomic E-state index is 0.407. The Bertz CT molecular complexity index is 1030. The molecule has 4 aromatic rings. The van der Waals surface area contributed by atoms with Crippen LogP contribution >= 0.6 is 11.8 Å². The largest absolute Gasteiger partial charge is 0.369 e. The molecule has 0 amide bonds. The molecule has 0 unspecified atom stereocenters. The van der Waals surface area contributed by atoms with Gasteiger partial charge in [-0.2, -0.15) is 0 Å². The lowest BCUT2D eigenvalue weighted by atomic mass is 10.2. The van der Waals surface area contributed by atoms with E-state index < -0.39 is 0 Å². The van der Waals surface area contributed by atoms with Crippen molar-refractivity contribution in [2.75, 3.05) is 6.26 Å². The van der Waals surface area contributed by atoms with Crippen LogP contribution in [0.15, 0.2) is 84.3 Å². The maximum Gasteiger partial charge on any atom is 0.187 e. The van der Waals surface area contributed by atoms with Crippen molar-refractivity contribution >= 4 is 11.8 Å². The molecule has 0 fully saturated rings. The number of nitrogens with zero attached hydrogens (tertiary/aromatic N) is 4. The number of para-hydroxylation sites is 1. The van der Waals surface area contributed by atoms with Crippen LogP contribution in [0.5, 0.6) is 0 Å². The Morgan fingerprint density at radius 2 is 1.61 bits per heavy atom. The summed E-state index contributed by atoms with van der Waals surface area (Å²) >= 11 is 1.52. The summed E-state index contributed by atoms with van der Waals surface area (Å²) in [6, 6.07) is 22.2. The molecule has 0 radical (unpaired) electrons. The lowest BCUT2D eigenvalue weighted by molar-refractivity contribution is 0.101. The smallest absolute Gasteiger partial charge is 0.187 e. The third kappa shape index (κ3) is 4.30. The lowest BCUT2D eigenvalue weighted by Crippen LogP contribution is -2.03. The molecule has 0 atom stereocenters. The standard InChI is InChI=1S/C22H20N4OS/c1-28-22-23-13-12-19(25-22)20-14-26(18-10-6-3-7-11-18)21(24-20)16-27-15-17-8-4-2-5-9-17/h2-14H,15-16H2,1H3. The van der Waals surface area contributed by atoms with Gasteiger partial charge in [-0.15, -0.1) is 0 Å². The van der Waals surface area contributed by atoms with Crippen LogP contribution in [0.1, 0.15) is 11.4 Å². The number of aromatic nitrogens is 4. The summed E-state index contributed by atoms with van der Waals surface area (Å²) in [5.41, 5.74) is 3.79. The molecule has 0 N–H and O–H groups in total. The van der Waals surface area contributed by atoms with E-state index in [1.165, 1.54) is 11.8 Å². The molecule has 6 heteroatoms. The van der Waals surface area contributed by atoms with Gasteiger partial charge in [-0.1, -0.05) is 60.3 Å². The van der Waals surface area contributed by atoms with Gasteiger partial charge < -0.3 is 9.30 Å². The third-order valence-electron chi connectivity index (χ3n) is 4.23. The van der Waals surface area contributed by atoms with Crippen molar-refractivity contribution in [3.63, 3.8) is 0 Å². The number of hydrogen-bond donors (Lipinski definition) is 0. The van der Waals surface area contributed by atoms with Crippen molar-refractivity contribution in [1.82, 2.24) is 19.5 Å². The number of benzene rings is 2. The van der Waals surface area contributed by atoms with Crippen LogP contribution in [0, 0.1) is 0 Å². The van der Waals surface area contributed by atoms with Gasteiger partial charge in [0.25, 0.3) is 0 Å². The highest BCUT2D eigenvalue weighted by Gasteiger charge is 2.13. The van der Waals surface area contributed by atoms with E-state index in [4.69, 9.17) is 9.72 Å². The Hall–Kier alpha value is -2.96. The molecule has 0 bridgehead atoms. The van der Waals surface area contributed by atoms with Gasteiger partial charge in [0, 0.05) is 18.1 Å². The van der Waals surface area contributed by atoms with E-state index in [0.29, 0.717) is 13.2 Å². The molecule has 0 saturated heterocycles. The van der Waals surface area contributed by atoms with Gasteiger partial charge in [0.05, 0.1) is 12.3 Å². The predicted octanol–water partition coefficient (Wildman–Crippen LogP) is 4.77. The third-order valence-corrected chi connectivity index (χ3v) is 4.80. The number of thioether (sulfide) groups is 1. The summed E-state index contributed by atoms with van der Waals surface area (Å²) in [5, 5.41) is 0.730. The summed E-state index contributed by atoms with van der Waals surface area (Å²) in [5.74, 6) is 0.835. The summed E-state index contributed by atoms with van der Waals surface area (Å²) < 4.78 is 8.00. The summed E-state index contributed by atoms with van der Waals surface area (Å²) in [6.07, 6.45) is 5.73. The average molecular weight is 388 g/mol. The van der Waals surface area contributed by atoms with Crippen molar-refractivity contribution in [2.45, 2.75) is 18.4 Å². The fourth-order valence-electron chi connectivity index (χ4n) is 2.87. The van der Waals surface area contributed by atoms with Crippen molar-refractivity contribution in [3.05, 3.63) is 90.5 Å². The highest BCUT2D eigenvalue weighted by atomic mass is 32.2. The van der Waals surface area contributed by atoms with E-state index in [-0.39, 0.29) is 0 Å². The zero-order chi connectivity index (χ0) is 19.2. The molecule has 0 aliphatic rings. The molecular formula is C22H20N4OS. The van der Waals surface area contributed by atoms with Crippen LogP contribution in [0.25, 0.3) is 17.1 Å². The number of imidazole rings is 1.